The van der Waals surface area contributed by atoms with E-state index in [0.717, 1.165) is 31.6 Å². The molecule has 27 nitrogen and oxygen atoms in total. The fourth-order valence-electron chi connectivity index (χ4n) is 6.19. The average Bonchev–Trinajstić information content (AvgIpc) is 4.39. The molecule has 4 fully saturated rings. The first kappa shape index (κ1) is 77.6. The second-order valence-corrected chi connectivity index (χ2v) is 27.5. The summed E-state index contributed by atoms with van der Waals surface area (Å²) < 4.78 is 25.3. The number of imide groups is 4. The van der Waals surface area contributed by atoms with Crippen molar-refractivity contribution in [1.82, 2.24) is 40.2 Å². The van der Waals surface area contributed by atoms with Gasteiger partial charge in [-0.2, -0.15) is 0 Å². The Morgan fingerprint density at radius 1 is 0.461 bits per heavy atom. The first-order valence-corrected chi connectivity index (χ1v) is 36.2. The fourth-order valence-corrected chi connectivity index (χ4v) is 14.1. The minimum Gasteiger partial charge on any atom is -0.333 e. The van der Waals surface area contributed by atoms with Gasteiger partial charge in [0.15, 0.2) is 0 Å². The summed E-state index contributed by atoms with van der Waals surface area (Å²) in [6.07, 6.45) is 11.1. The maximum atomic E-state index is 11.7. The Morgan fingerprint density at radius 2 is 0.775 bits per heavy atom. The van der Waals surface area contributed by atoms with E-state index in [2.05, 4.69) is 19.9 Å². The number of aromatic nitrogens is 4. The minimum atomic E-state index is -3.11. The molecule has 0 bridgehead atoms. The van der Waals surface area contributed by atoms with E-state index in [-0.39, 0.29) is 105 Å². The van der Waals surface area contributed by atoms with Gasteiger partial charge < -0.3 is 24.1 Å². The molecule has 0 N–H and O–H groups in total. The Hall–Kier alpha value is -5.67. The molecule has 0 radical (unpaired) electrons. The van der Waals surface area contributed by atoms with Gasteiger partial charge in [-0.3, -0.25) is 40.0 Å². The normalized spacial score (nSPS) is 14.3. The van der Waals surface area contributed by atoms with Crippen LogP contribution in [0.15, 0.2) is 118 Å². The molecule has 37 heteroatoms. The van der Waals surface area contributed by atoms with E-state index < -0.39 is 81.7 Å². The Balaban J connectivity index is 0.000000303. The maximum absolute atomic E-state index is 11.7. The SMILES string of the molecule is CC(CCC(=O)ON1C(=O)CCC1=O)SSc1ccccn1.O=C(CCCSSc1ccccn1)ON1C(=O)CCC1=O.O=C(CCCSSc1ccccn1)ON1C(=O)[CH-]CC1=O.O=C(CCSSc1ccccn1)ON1C(=O)CCC1=O.O=S(=O)=O.[Na+]. The van der Waals surface area contributed by atoms with E-state index in [4.69, 9.17) is 32.0 Å². The van der Waals surface area contributed by atoms with Crippen molar-refractivity contribution >= 4 is 168 Å². The molecule has 1 atom stereocenters. The van der Waals surface area contributed by atoms with Crippen LogP contribution < -0.4 is 29.6 Å². The molecule has 0 spiro atoms. The molecule has 0 aliphatic carbocycles. The van der Waals surface area contributed by atoms with Crippen molar-refractivity contribution in [3.05, 3.63) is 104 Å². The molecule has 4 saturated heterocycles. The average molecular weight is 1410 g/mol. The predicted molar refractivity (Wildman–Crippen MR) is 325 cm³/mol. The quantitative estimate of drug-likeness (QED) is 0.0258. The molecular weight excluding hydrogens is 1350 g/mol. The van der Waals surface area contributed by atoms with Crippen molar-refractivity contribution in [3.8, 4) is 0 Å². The van der Waals surface area contributed by atoms with Crippen LogP contribution in [0.4, 0.5) is 0 Å². The van der Waals surface area contributed by atoms with Gasteiger partial charge in [0.05, 0.1) is 6.42 Å². The molecule has 0 saturated carbocycles. The number of nitrogens with zero attached hydrogens (tertiary/aromatic N) is 8. The van der Waals surface area contributed by atoms with Crippen LogP contribution in [-0.4, -0.2) is 146 Å². The molecule has 4 aromatic heterocycles. The first-order chi connectivity index (χ1) is 42.3. The Bertz CT molecular complexity index is 2960. The van der Waals surface area contributed by atoms with Crippen LogP contribution in [0.1, 0.15) is 96.8 Å². The van der Waals surface area contributed by atoms with Gasteiger partial charge in [0, 0.05) is 105 Å². The minimum absolute atomic E-state index is 0. The van der Waals surface area contributed by atoms with Crippen molar-refractivity contribution in [3.63, 3.8) is 0 Å². The number of pyridine rings is 4. The zero-order valence-electron chi connectivity index (χ0n) is 47.4. The first-order valence-electron chi connectivity index (χ1n) is 26.0. The van der Waals surface area contributed by atoms with Crippen molar-refractivity contribution in [2.75, 3.05) is 17.3 Å². The van der Waals surface area contributed by atoms with Crippen LogP contribution in [0.3, 0.4) is 0 Å². The van der Waals surface area contributed by atoms with Crippen LogP contribution in [0.5, 0.6) is 0 Å². The standard InChI is InChI=1S/C14H16N2O4S2.C13H14N2O4S2.C13H13N2O4S2.C12H12N2O4S2.Na.O3S/c1-10(21-22-11-4-2-3-9-15-11)5-8-14(19)20-16-12(17)6-7-13(16)18;2*16-11-6-7-12(17)15(11)19-13(18)5-3-9-20-21-10-4-1-2-8-14-10;15-10-4-5-11(16)14(10)18-12(17)6-8-19-20-9-3-1-2-7-13-9;;1-4(2)3/h2-4,9-10H,5-8H2,1H3;1-2,4,8H,3,5-7,9H2;1-2,4,6,8H,3,5,7,9H2;1-3,7H,4-6,8H2;;/q;;-1;;+1;. The molecule has 89 heavy (non-hydrogen) atoms. The van der Waals surface area contributed by atoms with Crippen molar-refractivity contribution < 1.29 is 119 Å². The maximum Gasteiger partial charge on any atom is 1.00 e. The Labute approximate surface area is 565 Å². The molecule has 0 aromatic carbocycles. The van der Waals surface area contributed by atoms with Gasteiger partial charge >= 0.3 is 64.0 Å². The summed E-state index contributed by atoms with van der Waals surface area (Å²) in [6, 6.07) is 22.6. The molecule has 4 aliphatic rings. The second-order valence-electron chi connectivity index (χ2n) is 17.1. The number of rotatable bonds is 27. The summed E-state index contributed by atoms with van der Waals surface area (Å²) in [5, 5.41) is 6.07. The van der Waals surface area contributed by atoms with E-state index in [1.165, 1.54) is 38.8 Å². The fraction of sp³-hybridized carbons (Fsp3) is 0.365. The second kappa shape index (κ2) is 44.7. The van der Waals surface area contributed by atoms with Gasteiger partial charge in [-0.05, 0) is 111 Å². The van der Waals surface area contributed by atoms with Gasteiger partial charge in [0.2, 0.25) is 5.91 Å². The number of hydrogen-bond donors (Lipinski definition) is 0. The van der Waals surface area contributed by atoms with Crippen LogP contribution in [-0.2, 0) is 87.5 Å². The number of carbonyl (C=O) groups is 12. The summed E-state index contributed by atoms with van der Waals surface area (Å²) in [7, 11) is 9.22. The van der Waals surface area contributed by atoms with E-state index >= 15 is 0 Å². The van der Waals surface area contributed by atoms with Crippen LogP contribution in [0.25, 0.3) is 0 Å². The van der Waals surface area contributed by atoms with E-state index in [0.29, 0.717) is 45.3 Å². The van der Waals surface area contributed by atoms with Crippen molar-refractivity contribution in [2.24, 2.45) is 0 Å². The third kappa shape index (κ3) is 32.8. The summed E-state index contributed by atoms with van der Waals surface area (Å²) >= 11 is 0. The third-order valence-corrected chi connectivity index (χ3v) is 20.1. The van der Waals surface area contributed by atoms with Crippen molar-refractivity contribution in [1.29, 1.82) is 0 Å². The summed E-state index contributed by atoms with van der Waals surface area (Å²) in [6.45, 7) is 2.00. The topological polar surface area (TPSA) is 357 Å². The van der Waals surface area contributed by atoms with Gasteiger partial charge in [-0.15, -0.1) is 32.9 Å². The van der Waals surface area contributed by atoms with E-state index in [9.17, 15) is 57.5 Å². The molecule has 4 aromatic rings. The molecule has 1 unspecified atom stereocenters. The van der Waals surface area contributed by atoms with Crippen LogP contribution in [0.2, 0.25) is 0 Å². The molecular formula is C52H55N8NaO19S9. The van der Waals surface area contributed by atoms with Crippen LogP contribution in [0, 0.1) is 6.42 Å². The monoisotopic (exact) mass is 1410 g/mol. The number of hydroxylamine groups is 8. The van der Waals surface area contributed by atoms with Gasteiger partial charge in [-0.25, -0.2) is 39.1 Å². The van der Waals surface area contributed by atoms with Crippen LogP contribution >= 0.6 is 86.4 Å². The largest absolute Gasteiger partial charge is 1.00 e. The molecule has 8 rings (SSSR count). The third-order valence-electron chi connectivity index (χ3n) is 10.3. The van der Waals surface area contributed by atoms with E-state index in [1.54, 1.807) is 78.8 Å². The summed E-state index contributed by atoms with van der Waals surface area (Å²) in [5.74, 6) is -4.07. The molecule has 8 amide bonds. The van der Waals surface area contributed by atoms with Crippen molar-refractivity contribution in [2.45, 2.75) is 122 Å². The number of carbonyl (C=O) groups excluding carboxylic acids is 12. The zero-order valence-corrected chi connectivity index (χ0v) is 56.8. The molecule has 4 aliphatic heterocycles. The van der Waals surface area contributed by atoms with Gasteiger partial charge in [-0.1, -0.05) is 80.8 Å². The van der Waals surface area contributed by atoms with E-state index in [1.807, 2.05) is 79.7 Å². The smallest absolute Gasteiger partial charge is 0.333 e. The number of amides is 8. The zero-order chi connectivity index (χ0) is 64.1. The summed E-state index contributed by atoms with van der Waals surface area (Å²) in [5.41, 5.74) is 0. The molecule has 8 heterocycles. The molecule has 472 valence electrons. The summed E-state index contributed by atoms with van der Waals surface area (Å²) in [4.78, 5) is 172. The number of hydrogen-bond acceptors (Lipinski definition) is 31. The Morgan fingerprint density at radius 3 is 1.10 bits per heavy atom. The van der Waals surface area contributed by atoms with Gasteiger partial charge in [0.1, 0.15) is 26.0 Å². The Kier molecular flexibility index (Phi) is 39.0. The predicted octanol–water partition coefficient (Wildman–Crippen LogP) is 4.65. The van der Waals surface area contributed by atoms with Gasteiger partial charge in [0.25, 0.3) is 35.4 Å².